The van der Waals surface area contributed by atoms with Gasteiger partial charge in [-0.05, 0) is 35.2 Å². The Labute approximate surface area is 250 Å². The first-order valence-electron chi connectivity index (χ1n) is 14.3. The average Bonchev–Trinajstić information content (AvgIpc) is 3.05. The van der Waals surface area contributed by atoms with Crippen molar-refractivity contribution in [2.45, 2.75) is 6.42 Å². The van der Waals surface area contributed by atoms with Crippen molar-refractivity contribution in [1.29, 1.82) is 0 Å². The van der Waals surface area contributed by atoms with Crippen molar-refractivity contribution in [3.63, 3.8) is 0 Å². The van der Waals surface area contributed by atoms with Crippen LogP contribution in [0.3, 0.4) is 0 Å². The van der Waals surface area contributed by atoms with Crippen LogP contribution in [0.5, 0.6) is 23.0 Å². The van der Waals surface area contributed by atoms with E-state index in [2.05, 4.69) is 33.1 Å². The average molecular weight is 579 g/mol. The van der Waals surface area contributed by atoms with Gasteiger partial charge in [0.25, 0.3) is 0 Å². The van der Waals surface area contributed by atoms with E-state index >= 15 is 0 Å². The molecule has 0 spiro atoms. The summed E-state index contributed by atoms with van der Waals surface area (Å²) in [4.78, 5) is 26.3. The molecule has 1 aromatic heterocycles. The zero-order valence-corrected chi connectivity index (χ0v) is 24.4. The highest BCUT2D eigenvalue weighted by Gasteiger charge is 2.24. The van der Waals surface area contributed by atoms with E-state index in [-0.39, 0.29) is 5.91 Å². The number of carbonyl (C=O) groups excluding carboxylic acids is 1. The van der Waals surface area contributed by atoms with Crippen molar-refractivity contribution in [3.8, 4) is 23.0 Å². The second-order valence-corrected chi connectivity index (χ2v) is 10.3. The molecule has 43 heavy (non-hydrogen) atoms. The van der Waals surface area contributed by atoms with Crippen molar-refractivity contribution in [1.82, 2.24) is 14.9 Å². The maximum atomic E-state index is 13.2. The number of methoxy groups -OCH3 is 2. The molecule has 1 aliphatic heterocycles. The van der Waals surface area contributed by atoms with Crippen molar-refractivity contribution in [2.24, 2.45) is 0 Å². The molecule has 0 N–H and O–H groups in total. The van der Waals surface area contributed by atoms with Crippen LogP contribution in [0, 0.1) is 0 Å². The third kappa shape index (κ3) is 6.32. The fourth-order valence-corrected chi connectivity index (χ4v) is 5.35. The zero-order valence-electron chi connectivity index (χ0n) is 24.4. The molecule has 0 aliphatic carbocycles. The number of benzene rings is 4. The summed E-state index contributed by atoms with van der Waals surface area (Å²) in [7, 11) is 3.25. The Bertz CT molecular complexity index is 1710. The Hall–Kier alpha value is -4.89. The highest BCUT2D eigenvalue weighted by atomic mass is 16.5. The van der Waals surface area contributed by atoms with Gasteiger partial charge in [0.2, 0.25) is 5.91 Å². The van der Waals surface area contributed by atoms with Crippen LogP contribution >= 0.6 is 0 Å². The fraction of sp³-hybridized carbons (Fsp3) is 0.265. The van der Waals surface area contributed by atoms with E-state index in [4.69, 9.17) is 18.9 Å². The molecule has 1 saturated heterocycles. The first kappa shape index (κ1) is 28.2. The predicted octanol–water partition coefficient (Wildman–Crippen LogP) is 5.50. The maximum absolute atomic E-state index is 13.2. The van der Waals surface area contributed by atoms with E-state index in [1.165, 1.54) is 0 Å². The Morgan fingerprint density at radius 3 is 2.37 bits per heavy atom. The summed E-state index contributed by atoms with van der Waals surface area (Å²) in [6.45, 7) is 3.46. The molecule has 0 bridgehead atoms. The molecule has 0 atom stereocenters. The molecule has 6 rings (SSSR count). The van der Waals surface area contributed by atoms with Crippen molar-refractivity contribution < 1.29 is 23.7 Å². The minimum Gasteiger partial charge on any atom is -0.493 e. The van der Waals surface area contributed by atoms with Gasteiger partial charge in [-0.1, -0.05) is 48.5 Å². The maximum Gasteiger partial charge on any atom is 0.227 e. The molecule has 220 valence electrons. The minimum absolute atomic E-state index is 0.106. The second kappa shape index (κ2) is 13.0. The van der Waals surface area contributed by atoms with Crippen LogP contribution in [0.15, 0.2) is 85.2 Å². The predicted molar refractivity (Wildman–Crippen MR) is 166 cm³/mol. The lowest BCUT2D eigenvalue weighted by atomic mass is 10.1. The SMILES string of the molecule is COCCOc1cc2ncnc(N3CCN(C(=O)Cc4ccc(Oc5cccc6ccccc56)cc4)CC3)c2cc1OC. The fourth-order valence-electron chi connectivity index (χ4n) is 5.35. The number of carbonyl (C=O) groups is 1. The van der Waals surface area contributed by atoms with Crippen LogP contribution < -0.4 is 19.1 Å². The number of amides is 1. The lowest BCUT2D eigenvalue weighted by Crippen LogP contribution is -2.49. The Morgan fingerprint density at radius 1 is 0.791 bits per heavy atom. The molecule has 2 heterocycles. The molecule has 5 aromatic rings. The third-order valence-electron chi connectivity index (χ3n) is 7.63. The van der Waals surface area contributed by atoms with Gasteiger partial charge in [-0.25, -0.2) is 9.97 Å². The van der Waals surface area contributed by atoms with Crippen molar-refractivity contribution in [2.75, 3.05) is 58.5 Å². The van der Waals surface area contributed by atoms with Crippen LogP contribution in [0.25, 0.3) is 21.7 Å². The molecule has 9 heteroatoms. The monoisotopic (exact) mass is 578 g/mol. The Kier molecular flexibility index (Phi) is 8.51. The normalized spacial score (nSPS) is 13.3. The van der Waals surface area contributed by atoms with E-state index < -0.39 is 0 Å². The summed E-state index contributed by atoms with van der Waals surface area (Å²) < 4.78 is 22.7. The Morgan fingerprint density at radius 2 is 1.58 bits per heavy atom. The van der Waals surface area contributed by atoms with Gasteiger partial charge in [-0.15, -0.1) is 0 Å². The van der Waals surface area contributed by atoms with Gasteiger partial charge in [0.05, 0.1) is 25.7 Å². The number of anilines is 1. The molecular formula is C34H34N4O5. The van der Waals surface area contributed by atoms with Crippen LogP contribution in [0.4, 0.5) is 5.82 Å². The van der Waals surface area contributed by atoms with Gasteiger partial charge >= 0.3 is 0 Å². The molecule has 0 unspecified atom stereocenters. The quantitative estimate of drug-likeness (QED) is 0.201. The number of hydrogen-bond acceptors (Lipinski definition) is 8. The molecule has 1 aliphatic rings. The number of fused-ring (bicyclic) bond motifs is 2. The Balaban J connectivity index is 1.07. The van der Waals surface area contributed by atoms with Crippen LogP contribution in [-0.2, 0) is 16.0 Å². The summed E-state index contributed by atoms with van der Waals surface area (Å²) in [5, 5.41) is 3.07. The number of aromatic nitrogens is 2. The molecule has 1 amide bonds. The van der Waals surface area contributed by atoms with E-state index in [0.29, 0.717) is 57.3 Å². The number of nitrogens with zero attached hydrogens (tertiary/aromatic N) is 4. The highest BCUT2D eigenvalue weighted by Crippen LogP contribution is 2.35. The lowest BCUT2D eigenvalue weighted by Gasteiger charge is -2.36. The molecule has 1 fully saturated rings. The van der Waals surface area contributed by atoms with Crippen LogP contribution in [0.1, 0.15) is 5.56 Å². The lowest BCUT2D eigenvalue weighted by molar-refractivity contribution is -0.130. The summed E-state index contributed by atoms with van der Waals surface area (Å²) in [6.07, 6.45) is 1.91. The molecule has 0 saturated carbocycles. The van der Waals surface area contributed by atoms with Crippen molar-refractivity contribution >= 4 is 33.4 Å². The zero-order chi connectivity index (χ0) is 29.6. The summed E-state index contributed by atoms with van der Waals surface area (Å²) in [6, 6.07) is 25.7. The molecule has 4 aromatic carbocycles. The standard InChI is InChI=1S/C34H34N4O5/c1-40-18-19-42-32-22-29-28(21-31(32)41-2)34(36-23-35-29)38-16-14-37(15-17-38)33(39)20-24-10-12-26(13-11-24)43-30-9-5-7-25-6-3-4-8-27(25)30/h3-13,21-23H,14-20H2,1-2H3. The van der Waals surface area contributed by atoms with Gasteiger partial charge < -0.3 is 28.7 Å². The summed E-state index contributed by atoms with van der Waals surface area (Å²) >= 11 is 0. The molecular weight excluding hydrogens is 544 g/mol. The molecule has 9 nitrogen and oxygen atoms in total. The van der Waals surface area contributed by atoms with Crippen molar-refractivity contribution in [3.05, 3.63) is 90.8 Å². The first-order valence-corrected chi connectivity index (χ1v) is 14.3. The van der Waals surface area contributed by atoms with Crippen LogP contribution in [0.2, 0.25) is 0 Å². The van der Waals surface area contributed by atoms with Gasteiger partial charge in [-0.3, -0.25) is 4.79 Å². The number of ether oxygens (including phenoxy) is 4. The van der Waals surface area contributed by atoms with E-state index in [9.17, 15) is 4.79 Å². The highest BCUT2D eigenvalue weighted by molar-refractivity contribution is 5.92. The van der Waals surface area contributed by atoms with E-state index in [1.807, 2.05) is 65.6 Å². The largest absolute Gasteiger partial charge is 0.493 e. The number of piperazine rings is 1. The van der Waals surface area contributed by atoms with Gasteiger partial charge in [0, 0.05) is 50.1 Å². The van der Waals surface area contributed by atoms with E-state index in [0.717, 1.165) is 44.6 Å². The number of rotatable bonds is 10. The van der Waals surface area contributed by atoms with Gasteiger partial charge in [0.15, 0.2) is 11.5 Å². The third-order valence-corrected chi connectivity index (χ3v) is 7.63. The second-order valence-electron chi connectivity index (χ2n) is 10.3. The smallest absolute Gasteiger partial charge is 0.227 e. The molecule has 0 radical (unpaired) electrons. The van der Waals surface area contributed by atoms with Crippen LogP contribution in [-0.4, -0.2) is 74.4 Å². The first-order chi connectivity index (χ1) is 21.1. The minimum atomic E-state index is 0.106. The number of hydrogen-bond donors (Lipinski definition) is 0. The summed E-state index contributed by atoms with van der Waals surface area (Å²) in [5.41, 5.74) is 1.72. The van der Waals surface area contributed by atoms with Gasteiger partial charge in [0.1, 0.15) is 30.3 Å². The topological polar surface area (TPSA) is 86.3 Å². The van der Waals surface area contributed by atoms with E-state index in [1.54, 1.807) is 20.5 Å². The van der Waals surface area contributed by atoms with Gasteiger partial charge in [-0.2, -0.15) is 0 Å². The summed E-state index contributed by atoms with van der Waals surface area (Å²) in [5.74, 6) is 3.70.